The smallest absolute Gasteiger partial charge is 0.226 e. The number of nitrogens with one attached hydrogen (secondary N) is 1. The molecule has 2 aromatic heterocycles. The van der Waals surface area contributed by atoms with E-state index in [-0.39, 0.29) is 5.91 Å². The highest BCUT2D eigenvalue weighted by Crippen LogP contribution is 2.37. The Kier molecular flexibility index (Phi) is 4.25. The number of thiophene rings is 1. The summed E-state index contributed by atoms with van der Waals surface area (Å²) in [5, 5.41) is 17.2. The molecule has 0 aliphatic heterocycles. The van der Waals surface area contributed by atoms with Crippen molar-refractivity contribution in [3.05, 3.63) is 34.0 Å². The number of aromatic nitrogens is 2. The van der Waals surface area contributed by atoms with E-state index in [9.17, 15) is 10.1 Å². The first-order valence-electron chi connectivity index (χ1n) is 7.51. The lowest BCUT2D eigenvalue weighted by Gasteiger charge is -2.09. The van der Waals surface area contributed by atoms with Crippen molar-refractivity contribution in [2.45, 2.75) is 45.6 Å². The fourth-order valence-corrected chi connectivity index (χ4v) is 4.02. The second-order valence-electron chi connectivity index (χ2n) is 5.61. The number of amides is 1. The largest absolute Gasteiger partial charge is 0.317 e. The van der Waals surface area contributed by atoms with E-state index in [1.165, 1.54) is 11.3 Å². The average Bonchev–Trinajstić information content (AvgIpc) is 3.08. The van der Waals surface area contributed by atoms with Crippen LogP contribution in [0.25, 0.3) is 0 Å². The van der Waals surface area contributed by atoms with Crippen LogP contribution in [0, 0.1) is 18.3 Å². The summed E-state index contributed by atoms with van der Waals surface area (Å²) in [6.45, 7) is 2.52. The minimum atomic E-state index is -0.0664. The number of hydrogen-bond acceptors (Lipinski definition) is 4. The number of hydrogen-bond donors (Lipinski definition) is 1. The van der Waals surface area contributed by atoms with Crippen LogP contribution in [0.5, 0.6) is 0 Å². The van der Waals surface area contributed by atoms with Crippen LogP contribution in [0.3, 0.4) is 0 Å². The summed E-state index contributed by atoms with van der Waals surface area (Å²) in [6.07, 6.45) is 8.33. The summed E-state index contributed by atoms with van der Waals surface area (Å²) in [6, 6.07) is 2.26. The van der Waals surface area contributed by atoms with Crippen LogP contribution >= 0.6 is 11.3 Å². The number of aryl methyl sites for hydroxylation is 3. The molecule has 1 aliphatic rings. The van der Waals surface area contributed by atoms with Crippen molar-refractivity contribution >= 4 is 22.2 Å². The molecule has 0 atom stereocenters. The van der Waals surface area contributed by atoms with Crippen LogP contribution in [-0.4, -0.2) is 15.7 Å². The molecule has 22 heavy (non-hydrogen) atoms. The zero-order chi connectivity index (χ0) is 15.5. The molecule has 0 saturated heterocycles. The third kappa shape index (κ3) is 3.04. The Morgan fingerprint density at radius 3 is 3.05 bits per heavy atom. The van der Waals surface area contributed by atoms with Crippen LogP contribution < -0.4 is 5.32 Å². The molecule has 5 nitrogen and oxygen atoms in total. The molecular formula is C16H18N4OS. The van der Waals surface area contributed by atoms with Gasteiger partial charge in [-0.05, 0) is 43.7 Å². The van der Waals surface area contributed by atoms with Gasteiger partial charge in [-0.15, -0.1) is 11.3 Å². The molecule has 0 fully saturated rings. The summed E-state index contributed by atoms with van der Waals surface area (Å²) in [7, 11) is 0. The van der Waals surface area contributed by atoms with Crippen molar-refractivity contribution in [1.29, 1.82) is 5.26 Å². The van der Waals surface area contributed by atoms with Gasteiger partial charge in [0.25, 0.3) is 0 Å². The van der Waals surface area contributed by atoms with Gasteiger partial charge in [0.2, 0.25) is 5.91 Å². The van der Waals surface area contributed by atoms with Gasteiger partial charge in [0.15, 0.2) is 0 Å². The van der Waals surface area contributed by atoms with Crippen LogP contribution in [0.15, 0.2) is 12.4 Å². The number of rotatable bonds is 4. The van der Waals surface area contributed by atoms with Crippen LogP contribution in [0.2, 0.25) is 0 Å². The highest BCUT2D eigenvalue weighted by atomic mass is 32.1. The van der Waals surface area contributed by atoms with Gasteiger partial charge >= 0.3 is 0 Å². The van der Waals surface area contributed by atoms with E-state index in [0.717, 1.165) is 35.4 Å². The third-order valence-corrected chi connectivity index (χ3v) is 5.07. The van der Waals surface area contributed by atoms with Crippen molar-refractivity contribution in [2.24, 2.45) is 0 Å². The third-order valence-electron chi connectivity index (χ3n) is 3.87. The quantitative estimate of drug-likeness (QED) is 0.943. The number of carbonyl (C=O) groups is 1. The molecule has 2 aromatic rings. The second-order valence-corrected chi connectivity index (χ2v) is 6.71. The maximum atomic E-state index is 12.1. The average molecular weight is 314 g/mol. The normalized spacial score (nSPS) is 13.5. The number of fused-ring (bicyclic) bond motifs is 1. The van der Waals surface area contributed by atoms with E-state index < -0.39 is 0 Å². The van der Waals surface area contributed by atoms with Gasteiger partial charge < -0.3 is 5.32 Å². The molecule has 114 valence electrons. The molecule has 1 aliphatic carbocycles. The van der Waals surface area contributed by atoms with Gasteiger partial charge in [0.05, 0.1) is 11.8 Å². The lowest BCUT2D eigenvalue weighted by molar-refractivity contribution is -0.116. The number of nitriles is 1. The Bertz CT molecular complexity index is 738. The molecule has 1 amide bonds. The molecule has 0 bridgehead atoms. The summed E-state index contributed by atoms with van der Waals surface area (Å²) in [5.41, 5.74) is 2.90. The predicted octanol–water partition coefficient (Wildman–Crippen LogP) is 3.03. The Morgan fingerprint density at radius 2 is 2.32 bits per heavy atom. The maximum Gasteiger partial charge on any atom is 0.226 e. The fourth-order valence-electron chi connectivity index (χ4n) is 2.77. The molecule has 3 rings (SSSR count). The Labute approximate surface area is 133 Å². The Morgan fingerprint density at radius 1 is 1.50 bits per heavy atom. The minimum absolute atomic E-state index is 0.0664. The van der Waals surface area contributed by atoms with Crippen molar-refractivity contribution in [2.75, 3.05) is 5.32 Å². The summed E-state index contributed by atoms with van der Waals surface area (Å²) in [5.74, 6) is -0.0664. The van der Waals surface area contributed by atoms with Gasteiger partial charge in [-0.3, -0.25) is 9.48 Å². The molecule has 6 heteroatoms. The van der Waals surface area contributed by atoms with Gasteiger partial charge in [0.1, 0.15) is 11.1 Å². The zero-order valence-corrected chi connectivity index (χ0v) is 13.4. The van der Waals surface area contributed by atoms with Crippen molar-refractivity contribution < 1.29 is 4.79 Å². The number of carbonyl (C=O) groups excluding carboxylic acids is 1. The van der Waals surface area contributed by atoms with E-state index in [2.05, 4.69) is 16.5 Å². The monoisotopic (exact) mass is 314 g/mol. The molecular weight excluding hydrogens is 296 g/mol. The molecule has 0 unspecified atom stereocenters. The molecule has 0 aromatic carbocycles. The first-order chi connectivity index (χ1) is 10.7. The highest BCUT2D eigenvalue weighted by molar-refractivity contribution is 7.16. The van der Waals surface area contributed by atoms with Crippen molar-refractivity contribution in [1.82, 2.24) is 9.78 Å². The van der Waals surface area contributed by atoms with Gasteiger partial charge in [-0.2, -0.15) is 10.4 Å². The topological polar surface area (TPSA) is 70.7 Å². The standard InChI is InChI=1S/C16H18N4OS/c1-11-9-18-20(10-11)7-6-15(21)19-16-13(8-17)12-4-2-3-5-14(12)22-16/h9-10H,2-7H2,1H3,(H,19,21). The Hall–Kier alpha value is -2.13. The van der Waals surface area contributed by atoms with Gasteiger partial charge in [-0.1, -0.05) is 0 Å². The van der Waals surface area contributed by atoms with E-state index in [1.54, 1.807) is 22.2 Å². The summed E-state index contributed by atoms with van der Waals surface area (Å²) >= 11 is 1.56. The van der Waals surface area contributed by atoms with Crippen LogP contribution in [-0.2, 0) is 24.2 Å². The van der Waals surface area contributed by atoms with E-state index in [0.29, 0.717) is 18.5 Å². The summed E-state index contributed by atoms with van der Waals surface area (Å²) in [4.78, 5) is 13.4. The molecule has 0 radical (unpaired) electrons. The minimum Gasteiger partial charge on any atom is -0.317 e. The van der Waals surface area contributed by atoms with Crippen molar-refractivity contribution in [3.63, 3.8) is 0 Å². The number of anilines is 1. The SMILES string of the molecule is Cc1cnn(CCC(=O)Nc2sc3c(c2C#N)CCCC3)c1. The zero-order valence-electron chi connectivity index (χ0n) is 12.6. The van der Waals surface area contributed by atoms with Crippen LogP contribution in [0.4, 0.5) is 5.00 Å². The Balaban J connectivity index is 1.66. The van der Waals surface area contributed by atoms with E-state index in [4.69, 9.17) is 0 Å². The summed E-state index contributed by atoms with van der Waals surface area (Å²) < 4.78 is 1.76. The number of nitrogens with zero attached hydrogens (tertiary/aromatic N) is 3. The van der Waals surface area contributed by atoms with Gasteiger partial charge in [0, 0.05) is 24.0 Å². The predicted molar refractivity (Wildman–Crippen MR) is 85.9 cm³/mol. The van der Waals surface area contributed by atoms with E-state index in [1.807, 2.05) is 13.1 Å². The lowest BCUT2D eigenvalue weighted by atomic mass is 9.96. The lowest BCUT2D eigenvalue weighted by Crippen LogP contribution is -2.14. The van der Waals surface area contributed by atoms with Crippen LogP contribution in [0.1, 0.15) is 40.8 Å². The van der Waals surface area contributed by atoms with Gasteiger partial charge in [-0.25, -0.2) is 0 Å². The molecule has 1 N–H and O–H groups in total. The van der Waals surface area contributed by atoms with E-state index >= 15 is 0 Å². The van der Waals surface area contributed by atoms with Crippen molar-refractivity contribution in [3.8, 4) is 6.07 Å². The second kappa shape index (κ2) is 6.32. The molecule has 0 saturated carbocycles. The highest BCUT2D eigenvalue weighted by Gasteiger charge is 2.21. The molecule has 0 spiro atoms. The first kappa shape index (κ1) is 14.8. The first-order valence-corrected chi connectivity index (χ1v) is 8.32. The fraction of sp³-hybridized carbons (Fsp3) is 0.438. The maximum absolute atomic E-state index is 12.1. The molecule has 2 heterocycles.